The van der Waals surface area contributed by atoms with E-state index in [2.05, 4.69) is 9.97 Å². The Hall–Kier alpha value is -2.17. The number of pyridine rings is 1. The summed E-state index contributed by atoms with van der Waals surface area (Å²) in [6.07, 6.45) is 0.158. The molecule has 1 amide bonds. The molecule has 0 atom stereocenters. The van der Waals surface area contributed by atoms with E-state index < -0.39 is 11.9 Å². The molecule has 0 radical (unpaired) electrons. The number of primary amides is 1. The summed E-state index contributed by atoms with van der Waals surface area (Å²) < 4.78 is 0.776. The largest absolute Gasteiger partial charge is 0.477 e. The first-order valence-electron chi connectivity index (χ1n) is 7.52. The van der Waals surface area contributed by atoms with Gasteiger partial charge in [-0.05, 0) is 25.0 Å². The lowest BCUT2D eigenvalue weighted by Gasteiger charge is -2.03. The van der Waals surface area contributed by atoms with Crippen LogP contribution in [-0.4, -0.2) is 27.0 Å². The molecule has 0 fully saturated rings. The first-order valence-corrected chi connectivity index (χ1v) is 10.1. The number of nitrogens with zero attached hydrogens (tertiary/aromatic N) is 1. The Bertz CT molecular complexity index is 1080. The highest BCUT2D eigenvalue weighted by atomic mass is 32.2. The average molecular weight is 410 g/mol. The minimum atomic E-state index is -1.00. The number of thioether (sulfide) groups is 1. The molecule has 136 valence electrons. The third-order valence-corrected chi connectivity index (χ3v) is 7.31. The van der Waals surface area contributed by atoms with Crippen molar-refractivity contribution in [1.29, 1.82) is 0 Å². The molecule has 26 heavy (non-hydrogen) atoms. The minimum Gasteiger partial charge on any atom is -0.477 e. The van der Waals surface area contributed by atoms with Gasteiger partial charge >= 0.3 is 5.97 Å². The van der Waals surface area contributed by atoms with Gasteiger partial charge in [0.15, 0.2) is 4.34 Å². The molecular formula is C16H15N3O4S3. The van der Waals surface area contributed by atoms with Gasteiger partial charge in [0.2, 0.25) is 11.5 Å². The number of amides is 1. The molecule has 0 unspecified atom stereocenters. The summed E-state index contributed by atoms with van der Waals surface area (Å²) in [5.74, 6) is -0.936. The maximum atomic E-state index is 11.9. The molecule has 0 aliphatic carbocycles. The van der Waals surface area contributed by atoms with E-state index in [1.807, 2.05) is 6.92 Å². The number of aromatic amines is 1. The highest BCUT2D eigenvalue weighted by Gasteiger charge is 2.19. The van der Waals surface area contributed by atoms with Crippen LogP contribution in [-0.2, 0) is 17.0 Å². The summed E-state index contributed by atoms with van der Waals surface area (Å²) in [5, 5.41) is 10.1. The number of rotatable bonds is 6. The van der Waals surface area contributed by atoms with E-state index in [0.29, 0.717) is 16.1 Å². The van der Waals surface area contributed by atoms with Crippen molar-refractivity contribution in [1.82, 2.24) is 9.97 Å². The van der Waals surface area contributed by atoms with Crippen LogP contribution in [0.2, 0.25) is 0 Å². The predicted octanol–water partition coefficient (Wildman–Crippen LogP) is 2.68. The van der Waals surface area contributed by atoms with Gasteiger partial charge in [-0.1, -0.05) is 11.8 Å². The number of carboxylic acids is 1. The fourth-order valence-corrected chi connectivity index (χ4v) is 5.92. The molecule has 0 bridgehead atoms. The zero-order valence-electron chi connectivity index (χ0n) is 13.9. The van der Waals surface area contributed by atoms with Crippen LogP contribution in [0.5, 0.6) is 0 Å². The minimum absolute atomic E-state index is 0.158. The highest BCUT2D eigenvalue weighted by Crippen LogP contribution is 2.35. The Morgan fingerprint density at radius 3 is 2.73 bits per heavy atom. The van der Waals surface area contributed by atoms with Crippen molar-refractivity contribution in [2.24, 2.45) is 5.73 Å². The van der Waals surface area contributed by atoms with Crippen LogP contribution in [0.4, 0.5) is 0 Å². The van der Waals surface area contributed by atoms with E-state index in [-0.39, 0.29) is 16.9 Å². The molecule has 10 heteroatoms. The number of carboxylic acid groups (broad SMARTS) is 1. The Morgan fingerprint density at radius 2 is 2.08 bits per heavy atom. The molecular weight excluding hydrogens is 394 g/mol. The van der Waals surface area contributed by atoms with Gasteiger partial charge in [0.25, 0.3) is 0 Å². The van der Waals surface area contributed by atoms with E-state index in [0.717, 1.165) is 37.2 Å². The molecule has 0 aliphatic heterocycles. The Balaban J connectivity index is 1.93. The summed E-state index contributed by atoms with van der Waals surface area (Å²) in [4.78, 5) is 43.1. The van der Waals surface area contributed by atoms with E-state index in [1.54, 1.807) is 6.92 Å². The Morgan fingerprint density at radius 1 is 1.35 bits per heavy atom. The molecule has 3 aromatic rings. The molecule has 0 aromatic carbocycles. The number of fused-ring (bicyclic) bond motifs is 1. The molecule has 0 aliphatic rings. The number of aromatic carboxylic acids is 1. The molecule has 4 N–H and O–H groups in total. The quantitative estimate of drug-likeness (QED) is 0.537. The normalized spacial score (nSPS) is 11.2. The number of nitrogens with two attached hydrogens (primary N) is 1. The van der Waals surface area contributed by atoms with Gasteiger partial charge in [0.05, 0.1) is 12.1 Å². The Labute approximate surface area is 160 Å². The van der Waals surface area contributed by atoms with Crippen molar-refractivity contribution in [2.45, 2.75) is 30.4 Å². The molecule has 7 nitrogen and oxygen atoms in total. The number of carbonyl (C=O) groups excluding carboxylic acids is 1. The van der Waals surface area contributed by atoms with Gasteiger partial charge in [0.1, 0.15) is 9.71 Å². The first-order chi connectivity index (χ1) is 12.3. The van der Waals surface area contributed by atoms with E-state index in [4.69, 9.17) is 5.73 Å². The van der Waals surface area contributed by atoms with Crippen LogP contribution in [0.1, 0.15) is 31.4 Å². The van der Waals surface area contributed by atoms with Crippen LogP contribution >= 0.6 is 34.4 Å². The van der Waals surface area contributed by atoms with Crippen molar-refractivity contribution in [3.05, 3.63) is 43.0 Å². The van der Waals surface area contributed by atoms with Gasteiger partial charge in [-0.25, -0.2) is 9.78 Å². The van der Waals surface area contributed by atoms with Crippen LogP contribution < -0.4 is 11.3 Å². The third-order valence-electron chi connectivity index (χ3n) is 3.76. The Kier molecular flexibility index (Phi) is 5.17. The number of thiazole rings is 1. The smallest absolute Gasteiger partial charge is 0.346 e. The zero-order chi connectivity index (χ0) is 19.0. The molecule has 3 aromatic heterocycles. The van der Waals surface area contributed by atoms with E-state index in [1.165, 1.54) is 29.2 Å². The number of thiophene rings is 1. The number of carbonyl (C=O) groups is 2. The van der Waals surface area contributed by atoms with Gasteiger partial charge in [-0.2, -0.15) is 0 Å². The maximum absolute atomic E-state index is 11.9. The monoisotopic (exact) mass is 409 g/mol. The summed E-state index contributed by atoms with van der Waals surface area (Å²) in [7, 11) is 0. The van der Waals surface area contributed by atoms with Crippen molar-refractivity contribution < 1.29 is 14.7 Å². The fraction of sp³-hybridized carbons (Fsp3) is 0.250. The molecule has 0 saturated carbocycles. The van der Waals surface area contributed by atoms with Gasteiger partial charge in [0, 0.05) is 22.1 Å². The van der Waals surface area contributed by atoms with Crippen LogP contribution in [0, 0.1) is 13.8 Å². The van der Waals surface area contributed by atoms with Gasteiger partial charge < -0.3 is 15.8 Å². The second kappa shape index (κ2) is 7.22. The number of aromatic nitrogens is 2. The summed E-state index contributed by atoms with van der Waals surface area (Å²) in [6.45, 7) is 3.57. The van der Waals surface area contributed by atoms with Crippen LogP contribution in [0.3, 0.4) is 0 Å². The predicted molar refractivity (Wildman–Crippen MR) is 103 cm³/mol. The second-order valence-corrected chi connectivity index (χ2v) is 8.97. The van der Waals surface area contributed by atoms with Crippen molar-refractivity contribution >= 4 is 56.5 Å². The third kappa shape index (κ3) is 3.67. The fourth-order valence-electron chi connectivity index (χ4n) is 2.61. The number of nitrogens with one attached hydrogen (secondary N) is 1. The summed E-state index contributed by atoms with van der Waals surface area (Å²) >= 11 is 3.92. The lowest BCUT2D eigenvalue weighted by Crippen LogP contribution is -2.13. The number of hydrogen-bond acceptors (Lipinski definition) is 7. The SMILES string of the molecule is Cc1nc(SCc2cc(=O)[nH]c3sc(C(=O)O)c(C)c23)sc1CC(N)=O. The maximum Gasteiger partial charge on any atom is 0.346 e. The second-order valence-electron chi connectivity index (χ2n) is 5.64. The van der Waals surface area contributed by atoms with Crippen molar-refractivity contribution in [2.75, 3.05) is 0 Å². The van der Waals surface area contributed by atoms with Crippen molar-refractivity contribution in [3.8, 4) is 0 Å². The van der Waals surface area contributed by atoms with E-state index >= 15 is 0 Å². The first kappa shape index (κ1) is 18.6. The van der Waals surface area contributed by atoms with Gasteiger partial charge in [-0.15, -0.1) is 22.7 Å². The molecule has 0 spiro atoms. The van der Waals surface area contributed by atoms with E-state index in [9.17, 15) is 19.5 Å². The van der Waals surface area contributed by atoms with Gasteiger partial charge in [-0.3, -0.25) is 9.59 Å². The standard InChI is InChI=1S/C16H15N3O4S3/c1-6-12-8(3-11(21)19-14(12)26-13(6)15(22)23)5-24-16-18-7(2)9(25-16)4-10(17)20/h3H,4-5H2,1-2H3,(H2,17,20)(H,19,21)(H,22,23). The zero-order valence-corrected chi connectivity index (χ0v) is 16.4. The number of hydrogen-bond donors (Lipinski definition) is 3. The van der Waals surface area contributed by atoms with Crippen LogP contribution in [0.25, 0.3) is 10.2 Å². The average Bonchev–Trinajstić information content (AvgIpc) is 3.05. The summed E-state index contributed by atoms with van der Waals surface area (Å²) in [6, 6.07) is 1.49. The topological polar surface area (TPSA) is 126 Å². The van der Waals surface area contributed by atoms with Crippen molar-refractivity contribution in [3.63, 3.8) is 0 Å². The lowest BCUT2D eigenvalue weighted by atomic mass is 10.1. The van der Waals surface area contributed by atoms with Crippen LogP contribution in [0.15, 0.2) is 15.2 Å². The lowest BCUT2D eigenvalue weighted by molar-refractivity contribution is -0.117. The molecule has 0 saturated heterocycles. The highest BCUT2D eigenvalue weighted by molar-refractivity contribution is 8.00. The molecule has 3 heterocycles. The number of aryl methyl sites for hydroxylation is 2. The summed E-state index contributed by atoms with van der Waals surface area (Å²) in [5.41, 5.74) is 7.15. The molecule has 3 rings (SSSR count). The number of H-pyrrole nitrogens is 1.